The summed E-state index contributed by atoms with van der Waals surface area (Å²) < 4.78 is 5.45. The molecule has 1 N–H and O–H groups in total. The van der Waals surface area contributed by atoms with Crippen LogP contribution < -0.4 is 5.32 Å². The van der Waals surface area contributed by atoms with E-state index >= 15 is 0 Å². The van der Waals surface area contributed by atoms with Crippen molar-refractivity contribution >= 4 is 45.8 Å². The molecular formula is C30H22N4O5. The Bertz CT molecular complexity index is 1690. The number of para-hydroxylation sites is 1. The monoisotopic (exact) mass is 518 g/mol. The lowest BCUT2D eigenvalue weighted by molar-refractivity contribution is -0.384. The molecule has 0 fully saturated rings. The number of aromatic nitrogens is 1. The van der Waals surface area contributed by atoms with Gasteiger partial charge in [0.25, 0.3) is 11.6 Å². The second-order valence-corrected chi connectivity index (χ2v) is 9.02. The van der Waals surface area contributed by atoms with Crippen LogP contribution in [0.1, 0.15) is 45.6 Å². The molecule has 0 atom stereocenters. The Morgan fingerprint density at radius 2 is 1.87 bits per heavy atom. The Labute approximate surface area is 223 Å². The van der Waals surface area contributed by atoms with Gasteiger partial charge >= 0.3 is 5.97 Å². The number of carbonyl (C=O) groups is 2. The Kier molecular flexibility index (Phi) is 7.10. The fraction of sp³-hybridized carbons (Fsp3) is 0.133. The second kappa shape index (κ2) is 10.9. The Hall–Kier alpha value is -5.36. The molecule has 9 heteroatoms. The van der Waals surface area contributed by atoms with Crippen LogP contribution in [-0.4, -0.2) is 28.4 Å². The molecule has 5 rings (SSSR count). The van der Waals surface area contributed by atoms with Crippen LogP contribution in [0.4, 0.5) is 11.4 Å². The summed E-state index contributed by atoms with van der Waals surface area (Å²) in [6, 6.07) is 22.0. The number of nitrogens with one attached hydrogen (secondary N) is 1. The minimum absolute atomic E-state index is 0.0113. The van der Waals surface area contributed by atoms with Gasteiger partial charge in [-0.25, -0.2) is 9.78 Å². The molecule has 0 bridgehead atoms. The first-order valence-electron chi connectivity index (χ1n) is 12.3. The molecule has 0 saturated heterocycles. The Morgan fingerprint density at radius 1 is 1.08 bits per heavy atom. The van der Waals surface area contributed by atoms with Crippen LogP contribution in [0.5, 0.6) is 0 Å². The third-order valence-electron chi connectivity index (χ3n) is 6.43. The lowest BCUT2D eigenvalue weighted by atomic mass is 9.86. The number of non-ortho nitro benzene ring substituents is 1. The number of rotatable bonds is 6. The molecule has 0 unspecified atom stereocenters. The van der Waals surface area contributed by atoms with Gasteiger partial charge in [0.15, 0.2) is 6.61 Å². The molecule has 1 aromatic heterocycles. The number of esters is 1. The normalized spacial score (nSPS) is 13.4. The van der Waals surface area contributed by atoms with Crippen LogP contribution >= 0.6 is 0 Å². The van der Waals surface area contributed by atoms with E-state index in [1.54, 1.807) is 36.4 Å². The summed E-state index contributed by atoms with van der Waals surface area (Å²) >= 11 is 0. The fourth-order valence-corrected chi connectivity index (χ4v) is 4.67. The maximum absolute atomic E-state index is 13.4. The number of benzene rings is 3. The number of ether oxygens (including phenoxy) is 1. The van der Waals surface area contributed by atoms with Crippen LogP contribution in [0.3, 0.4) is 0 Å². The number of nitriles is 1. The summed E-state index contributed by atoms with van der Waals surface area (Å²) in [6.07, 6.45) is 4.06. The average Bonchev–Trinajstić information content (AvgIpc) is 2.95. The number of amides is 1. The highest BCUT2D eigenvalue weighted by Gasteiger charge is 2.26. The number of pyridine rings is 1. The maximum Gasteiger partial charge on any atom is 0.339 e. The van der Waals surface area contributed by atoms with E-state index in [-0.39, 0.29) is 5.69 Å². The molecule has 1 amide bonds. The van der Waals surface area contributed by atoms with Crippen molar-refractivity contribution in [1.29, 1.82) is 5.26 Å². The van der Waals surface area contributed by atoms with Gasteiger partial charge in [-0.3, -0.25) is 14.9 Å². The van der Waals surface area contributed by atoms with E-state index < -0.39 is 23.4 Å². The van der Waals surface area contributed by atoms with Gasteiger partial charge in [-0.15, -0.1) is 0 Å². The first-order valence-corrected chi connectivity index (χ1v) is 12.3. The van der Waals surface area contributed by atoms with E-state index in [1.165, 1.54) is 18.2 Å². The summed E-state index contributed by atoms with van der Waals surface area (Å²) in [5.41, 5.74) is 4.99. The third-order valence-corrected chi connectivity index (χ3v) is 6.43. The van der Waals surface area contributed by atoms with E-state index in [1.807, 2.05) is 30.3 Å². The van der Waals surface area contributed by atoms with E-state index in [4.69, 9.17) is 15.0 Å². The van der Waals surface area contributed by atoms with Gasteiger partial charge in [0.2, 0.25) is 0 Å². The Balaban J connectivity index is 1.44. The molecule has 0 spiro atoms. The minimum atomic E-state index is -0.623. The van der Waals surface area contributed by atoms with Crippen LogP contribution in [0.15, 0.2) is 72.8 Å². The molecule has 1 aliphatic rings. The highest BCUT2D eigenvalue weighted by atomic mass is 16.6. The zero-order valence-electron chi connectivity index (χ0n) is 20.7. The predicted octanol–water partition coefficient (Wildman–Crippen LogP) is 5.69. The second-order valence-electron chi connectivity index (χ2n) is 9.02. The quantitative estimate of drug-likeness (QED) is 0.197. The summed E-state index contributed by atoms with van der Waals surface area (Å²) in [7, 11) is 0. The number of nitrogens with zero attached hydrogens (tertiary/aromatic N) is 3. The van der Waals surface area contributed by atoms with Crippen molar-refractivity contribution in [3.05, 3.63) is 111 Å². The van der Waals surface area contributed by atoms with E-state index in [0.29, 0.717) is 39.8 Å². The van der Waals surface area contributed by atoms with Crippen molar-refractivity contribution in [3.8, 4) is 6.07 Å². The molecule has 0 radical (unpaired) electrons. The maximum atomic E-state index is 13.4. The number of fused-ring (bicyclic) bond motifs is 2. The molecule has 192 valence electrons. The molecule has 9 nitrogen and oxygen atoms in total. The van der Waals surface area contributed by atoms with Gasteiger partial charge in [0.1, 0.15) is 0 Å². The van der Waals surface area contributed by atoms with Gasteiger partial charge in [0, 0.05) is 23.2 Å². The predicted molar refractivity (Wildman–Crippen MR) is 146 cm³/mol. The third kappa shape index (κ3) is 5.50. The molecular weight excluding hydrogens is 496 g/mol. The lowest BCUT2D eigenvalue weighted by Gasteiger charge is -2.22. The smallest absolute Gasteiger partial charge is 0.339 e. The number of allylic oxidation sites excluding steroid dienone is 1. The highest BCUT2D eigenvalue weighted by molar-refractivity contribution is 6.07. The van der Waals surface area contributed by atoms with Crippen molar-refractivity contribution in [3.63, 3.8) is 0 Å². The molecule has 1 heterocycles. The first kappa shape index (κ1) is 25.3. The summed E-state index contributed by atoms with van der Waals surface area (Å²) in [6.45, 7) is -0.494. The van der Waals surface area contributed by atoms with E-state index in [2.05, 4.69) is 5.32 Å². The van der Waals surface area contributed by atoms with Gasteiger partial charge in [-0.1, -0.05) is 24.3 Å². The van der Waals surface area contributed by atoms with E-state index in [9.17, 15) is 19.7 Å². The lowest BCUT2D eigenvalue weighted by Crippen LogP contribution is -2.22. The van der Waals surface area contributed by atoms with Crippen LogP contribution in [-0.2, 0) is 16.0 Å². The van der Waals surface area contributed by atoms with Gasteiger partial charge in [0.05, 0.1) is 33.3 Å². The Morgan fingerprint density at radius 3 is 2.64 bits per heavy atom. The number of hydrogen-bond acceptors (Lipinski definition) is 7. The molecule has 0 aliphatic heterocycles. The summed E-state index contributed by atoms with van der Waals surface area (Å²) in [5, 5.41) is 23.3. The van der Waals surface area contributed by atoms with Crippen molar-refractivity contribution in [2.24, 2.45) is 0 Å². The van der Waals surface area contributed by atoms with Gasteiger partial charge < -0.3 is 10.1 Å². The highest BCUT2D eigenvalue weighted by Crippen LogP contribution is 2.36. The summed E-state index contributed by atoms with van der Waals surface area (Å²) in [5.74, 6) is -1.15. The number of hydrogen-bond donors (Lipinski definition) is 1. The SMILES string of the molecule is N#Cc1cccc(NC(=O)COC(=O)c2c3c(nc4ccccc24)/C(=C/c2ccc([N+](=O)[O-])cc2)CCC3)c1. The molecule has 3 aromatic carbocycles. The van der Waals surface area contributed by atoms with Crippen molar-refractivity contribution in [1.82, 2.24) is 4.98 Å². The van der Waals surface area contributed by atoms with Gasteiger partial charge in [-0.05, 0) is 78.4 Å². The zero-order valence-corrected chi connectivity index (χ0v) is 20.7. The van der Waals surface area contributed by atoms with Crippen molar-refractivity contribution < 1.29 is 19.2 Å². The fourth-order valence-electron chi connectivity index (χ4n) is 4.67. The van der Waals surface area contributed by atoms with Crippen molar-refractivity contribution in [2.45, 2.75) is 19.3 Å². The summed E-state index contributed by atoms with van der Waals surface area (Å²) in [4.78, 5) is 41.3. The van der Waals surface area contributed by atoms with Crippen LogP contribution in [0, 0.1) is 21.4 Å². The topological polar surface area (TPSA) is 135 Å². The van der Waals surface area contributed by atoms with E-state index in [0.717, 1.165) is 29.5 Å². The molecule has 4 aromatic rings. The largest absolute Gasteiger partial charge is 0.452 e. The molecule has 0 saturated carbocycles. The number of nitro groups is 1. The van der Waals surface area contributed by atoms with Crippen molar-refractivity contribution in [2.75, 3.05) is 11.9 Å². The number of anilines is 1. The number of nitro benzene ring substituents is 1. The van der Waals surface area contributed by atoms with Crippen LogP contribution in [0.2, 0.25) is 0 Å². The van der Waals surface area contributed by atoms with Crippen LogP contribution in [0.25, 0.3) is 22.6 Å². The molecule has 39 heavy (non-hydrogen) atoms. The standard InChI is InChI=1S/C30H22N4O5/c31-17-20-5-3-7-22(16-20)32-27(35)18-39-30(36)28-24-8-1-2-10-26(24)33-29-21(6-4-9-25(28)29)15-19-11-13-23(14-12-19)34(37)38/h1-3,5,7-8,10-16H,4,6,9,18H2,(H,32,35)/b21-15+. The molecule has 1 aliphatic carbocycles. The average molecular weight is 519 g/mol. The van der Waals surface area contributed by atoms with Gasteiger partial charge in [-0.2, -0.15) is 5.26 Å². The minimum Gasteiger partial charge on any atom is -0.452 e. The number of carbonyl (C=O) groups excluding carboxylic acids is 2. The zero-order chi connectivity index (χ0) is 27.4. The first-order chi connectivity index (χ1) is 18.9.